The molecule has 0 spiro atoms. The lowest BCUT2D eigenvalue weighted by Gasteiger charge is -2.33. The van der Waals surface area contributed by atoms with Crippen LogP contribution < -0.4 is 14.3 Å². The van der Waals surface area contributed by atoms with Gasteiger partial charge in [0.1, 0.15) is 29.5 Å². The third-order valence-electron chi connectivity index (χ3n) is 8.16. The fraction of sp³-hybridized carbons (Fsp3) is 0.483. The Morgan fingerprint density at radius 2 is 1.86 bits per heavy atom. The number of nitrogens with zero attached hydrogens (tertiary/aromatic N) is 1. The number of aromatic hydroxyl groups is 2. The first-order chi connectivity index (χ1) is 17.5. The van der Waals surface area contributed by atoms with Crippen molar-refractivity contribution in [1.29, 1.82) is 0 Å². The van der Waals surface area contributed by atoms with Gasteiger partial charge in [0.15, 0.2) is 0 Å². The zero-order valence-electron chi connectivity index (χ0n) is 22.2. The van der Waals surface area contributed by atoms with Crippen molar-refractivity contribution in [2.75, 3.05) is 19.7 Å². The highest BCUT2D eigenvalue weighted by atomic mass is 32.1. The minimum atomic E-state index is -0.358. The summed E-state index contributed by atoms with van der Waals surface area (Å²) in [6.07, 6.45) is 2.72. The number of likely N-dealkylation sites (tertiary alicyclic amines) is 1. The first-order valence-electron chi connectivity index (χ1n) is 12.9. The van der Waals surface area contributed by atoms with Crippen LogP contribution in [0.1, 0.15) is 65.3 Å². The zero-order valence-corrected chi connectivity index (χ0v) is 23.0. The quantitative estimate of drug-likeness (QED) is 0.395. The summed E-state index contributed by atoms with van der Waals surface area (Å²) in [6, 6.07) is 8.15. The highest BCUT2D eigenvalue weighted by Crippen LogP contribution is 2.52. The van der Waals surface area contributed by atoms with Crippen LogP contribution in [0.15, 0.2) is 29.1 Å². The van der Waals surface area contributed by atoms with Crippen molar-refractivity contribution in [3.05, 3.63) is 66.6 Å². The SMILES string of the molecule is Cc1c(C)c2c(c(C)c1O)C(CN1CCC[C@H]1COc1ccc(Cc3sc(=O)[nH]c3O)cc1)C(C)(C)O2. The number of benzene rings is 2. The molecule has 2 aliphatic rings. The van der Waals surface area contributed by atoms with Crippen molar-refractivity contribution in [2.24, 2.45) is 0 Å². The molecule has 2 aliphatic heterocycles. The Balaban J connectivity index is 1.25. The van der Waals surface area contributed by atoms with E-state index in [-0.39, 0.29) is 22.3 Å². The molecule has 0 aliphatic carbocycles. The Hall–Kier alpha value is -2.97. The summed E-state index contributed by atoms with van der Waals surface area (Å²) < 4.78 is 12.7. The number of ether oxygens (including phenoxy) is 2. The van der Waals surface area contributed by atoms with E-state index in [1.807, 2.05) is 45.0 Å². The second-order valence-corrected chi connectivity index (χ2v) is 12.0. The number of phenolic OH excluding ortho intramolecular Hbond substituents is 1. The summed E-state index contributed by atoms with van der Waals surface area (Å²) in [7, 11) is 0. The van der Waals surface area contributed by atoms with Gasteiger partial charge in [-0.2, -0.15) is 0 Å². The molecule has 3 aromatic rings. The van der Waals surface area contributed by atoms with Crippen LogP contribution in [0.2, 0.25) is 0 Å². The van der Waals surface area contributed by atoms with Crippen LogP contribution in [0.5, 0.6) is 23.1 Å². The van der Waals surface area contributed by atoms with Crippen LogP contribution in [0.3, 0.4) is 0 Å². The molecule has 1 aromatic heterocycles. The zero-order chi connectivity index (χ0) is 26.5. The van der Waals surface area contributed by atoms with E-state index in [1.165, 1.54) is 0 Å². The highest BCUT2D eigenvalue weighted by Gasteiger charge is 2.45. The third-order valence-corrected chi connectivity index (χ3v) is 9.03. The lowest BCUT2D eigenvalue weighted by atomic mass is 9.82. The minimum absolute atomic E-state index is 0.0502. The molecule has 198 valence electrons. The Bertz CT molecular complexity index is 1360. The number of thiazole rings is 1. The van der Waals surface area contributed by atoms with Crippen LogP contribution in [0.25, 0.3) is 0 Å². The molecule has 0 amide bonds. The van der Waals surface area contributed by atoms with E-state index in [2.05, 4.69) is 23.7 Å². The Morgan fingerprint density at radius 3 is 2.54 bits per heavy atom. The van der Waals surface area contributed by atoms with Gasteiger partial charge in [0, 0.05) is 30.5 Å². The third kappa shape index (κ3) is 4.84. The summed E-state index contributed by atoms with van der Waals surface area (Å²) in [5.41, 5.74) is 4.65. The van der Waals surface area contributed by atoms with Crippen molar-refractivity contribution in [1.82, 2.24) is 9.88 Å². The molecule has 1 unspecified atom stereocenters. The molecule has 0 saturated carbocycles. The van der Waals surface area contributed by atoms with E-state index < -0.39 is 0 Å². The van der Waals surface area contributed by atoms with Gasteiger partial charge in [0.2, 0.25) is 5.88 Å². The summed E-state index contributed by atoms with van der Waals surface area (Å²) in [5, 5.41) is 20.6. The minimum Gasteiger partial charge on any atom is -0.507 e. The van der Waals surface area contributed by atoms with Crippen LogP contribution >= 0.6 is 11.3 Å². The number of hydrogen-bond donors (Lipinski definition) is 3. The molecule has 1 saturated heterocycles. The van der Waals surface area contributed by atoms with E-state index in [0.29, 0.717) is 29.7 Å². The second-order valence-electron chi connectivity index (χ2n) is 10.9. The van der Waals surface area contributed by atoms with Gasteiger partial charge in [-0.1, -0.05) is 23.5 Å². The smallest absolute Gasteiger partial charge is 0.307 e. The number of fused-ring (bicyclic) bond motifs is 1. The van der Waals surface area contributed by atoms with E-state index in [4.69, 9.17) is 9.47 Å². The van der Waals surface area contributed by atoms with Crippen LogP contribution in [-0.4, -0.2) is 51.4 Å². The van der Waals surface area contributed by atoms with Gasteiger partial charge >= 0.3 is 4.87 Å². The number of H-pyrrole nitrogens is 1. The van der Waals surface area contributed by atoms with Gasteiger partial charge in [0.05, 0.1) is 4.88 Å². The molecule has 2 atom stereocenters. The number of rotatable bonds is 7. The summed E-state index contributed by atoms with van der Waals surface area (Å²) in [6.45, 7) is 12.8. The lowest BCUT2D eigenvalue weighted by Crippen LogP contribution is -2.42. The topological polar surface area (TPSA) is 95.0 Å². The lowest BCUT2D eigenvalue weighted by molar-refractivity contribution is 0.0791. The molecular weight excluding hydrogens is 488 g/mol. The number of hydrogen-bond acceptors (Lipinski definition) is 7. The van der Waals surface area contributed by atoms with E-state index in [0.717, 1.165) is 76.6 Å². The van der Waals surface area contributed by atoms with Crippen molar-refractivity contribution in [2.45, 2.75) is 71.4 Å². The first kappa shape index (κ1) is 25.7. The maximum absolute atomic E-state index is 11.4. The maximum Gasteiger partial charge on any atom is 0.307 e. The van der Waals surface area contributed by atoms with Gasteiger partial charge in [-0.15, -0.1) is 0 Å². The van der Waals surface area contributed by atoms with Gasteiger partial charge in [0.25, 0.3) is 0 Å². The Labute approximate surface area is 221 Å². The molecule has 1 fully saturated rings. The summed E-state index contributed by atoms with van der Waals surface area (Å²) >= 11 is 1.03. The first-order valence-corrected chi connectivity index (χ1v) is 13.7. The average molecular weight is 525 g/mol. The standard InChI is InChI=1S/C29H36N2O5S/c1-16-17(2)26-24(18(3)25(16)32)22(29(4,5)36-26)14-31-12-6-7-20(31)15-35-21-10-8-19(9-11-21)13-23-27(33)30-28(34)37-23/h8-11,20,22,32-33H,6-7,12-15H2,1-5H3,(H,30,34)/t20-,22?/m0/s1. The fourth-order valence-corrected chi connectivity index (χ4v) is 6.54. The van der Waals surface area contributed by atoms with Gasteiger partial charge in [-0.05, 0) is 88.4 Å². The molecule has 3 heterocycles. The van der Waals surface area contributed by atoms with Gasteiger partial charge < -0.3 is 19.7 Å². The molecule has 5 rings (SSSR count). The molecule has 0 bridgehead atoms. The van der Waals surface area contributed by atoms with E-state index >= 15 is 0 Å². The molecule has 8 heteroatoms. The van der Waals surface area contributed by atoms with Gasteiger partial charge in [-0.3, -0.25) is 14.7 Å². The average Bonchev–Trinajstić information content (AvgIpc) is 3.51. The molecule has 3 N–H and O–H groups in total. The number of nitrogens with one attached hydrogen (secondary N) is 1. The number of aromatic nitrogens is 1. The van der Waals surface area contributed by atoms with E-state index in [9.17, 15) is 15.0 Å². The molecule has 7 nitrogen and oxygen atoms in total. The number of aromatic amines is 1. The Kier molecular flexibility index (Phi) is 6.75. The van der Waals surface area contributed by atoms with Crippen LogP contribution in [0, 0.1) is 20.8 Å². The van der Waals surface area contributed by atoms with Crippen LogP contribution in [0.4, 0.5) is 0 Å². The van der Waals surface area contributed by atoms with Crippen molar-refractivity contribution in [3.8, 4) is 23.1 Å². The second kappa shape index (κ2) is 9.72. The predicted octanol–water partition coefficient (Wildman–Crippen LogP) is 5.16. The summed E-state index contributed by atoms with van der Waals surface area (Å²) in [5.74, 6) is 2.24. The normalized spacial score (nSPS) is 20.7. The van der Waals surface area contributed by atoms with Crippen molar-refractivity contribution >= 4 is 11.3 Å². The molecule has 37 heavy (non-hydrogen) atoms. The molecule has 2 aromatic carbocycles. The number of phenols is 1. The Morgan fingerprint density at radius 1 is 1.14 bits per heavy atom. The highest BCUT2D eigenvalue weighted by molar-refractivity contribution is 7.09. The van der Waals surface area contributed by atoms with E-state index in [1.54, 1.807) is 0 Å². The van der Waals surface area contributed by atoms with Crippen LogP contribution in [-0.2, 0) is 6.42 Å². The molecule has 0 radical (unpaired) electrons. The summed E-state index contributed by atoms with van der Waals surface area (Å²) in [4.78, 5) is 16.7. The van der Waals surface area contributed by atoms with Gasteiger partial charge in [-0.25, -0.2) is 0 Å². The van der Waals surface area contributed by atoms with Crippen molar-refractivity contribution < 1.29 is 19.7 Å². The largest absolute Gasteiger partial charge is 0.507 e. The molecular formula is C29H36N2O5S. The fourth-order valence-electron chi connectivity index (χ4n) is 5.79. The predicted molar refractivity (Wildman–Crippen MR) is 146 cm³/mol. The maximum atomic E-state index is 11.4. The monoisotopic (exact) mass is 524 g/mol. The van der Waals surface area contributed by atoms with Crippen molar-refractivity contribution in [3.63, 3.8) is 0 Å².